The van der Waals surface area contributed by atoms with Crippen LogP contribution in [0.4, 0.5) is 0 Å². The Morgan fingerprint density at radius 3 is 2.40 bits per heavy atom. The molecule has 1 atom stereocenters. The van der Waals surface area contributed by atoms with Crippen molar-refractivity contribution in [3.8, 4) is 0 Å². The molecule has 4 nitrogen and oxygen atoms in total. The summed E-state index contributed by atoms with van der Waals surface area (Å²) in [5.41, 5.74) is 2.38. The van der Waals surface area contributed by atoms with Crippen LogP contribution in [0, 0.1) is 6.92 Å². The van der Waals surface area contributed by atoms with Crippen LogP contribution in [0.15, 0.2) is 47.4 Å². The van der Waals surface area contributed by atoms with E-state index in [-0.39, 0.29) is 5.56 Å². The van der Waals surface area contributed by atoms with Crippen molar-refractivity contribution >= 4 is 5.97 Å². The van der Waals surface area contributed by atoms with Crippen LogP contribution in [0.5, 0.6) is 0 Å². The van der Waals surface area contributed by atoms with E-state index in [1.807, 2.05) is 64.1 Å². The zero-order chi connectivity index (χ0) is 18.8. The van der Waals surface area contributed by atoms with Crippen LogP contribution >= 0.6 is 0 Å². The number of carboxylic acids is 1. The molecule has 0 saturated carbocycles. The monoisotopic (exact) mass is 343 g/mol. The Hall–Kier alpha value is -2.36. The summed E-state index contributed by atoms with van der Waals surface area (Å²) in [6.07, 6.45) is 4.33. The second kappa shape index (κ2) is 10.5. The maximum Gasteiger partial charge on any atom is 0.326 e. The van der Waals surface area contributed by atoms with Gasteiger partial charge in [0.15, 0.2) is 0 Å². The summed E-state index contributed by atoms with van der Waals surface area (Å²) in [5, 5.41) is 9.49. The summed E-state index contributed by atoms with van der Waals surface area (Å²) < 4.78 is 1.39. The number of pyridine rings is 1. The Kier molecular flexibility index (Phi) is 8.68. The van der Waals surface area contributed by atoms with E-state index in [0.717, 1.165) is 24.0 Å². The molecule has 136 valence electrons. The number of rotatable bonds is 7. The Balaban J connectivity index is 0.00000151. The van der Waals surface area contributed by atoms with Gasteiger partial charge in [0.05, 0.1) is 0 Å². The van der Waals surface area contributed by atoms with Crippen molar-refractivity contribution < 1.29 is 9.90 Å². The highest BCUT2D eigenvalue weighted by Gasteiger charge is 2.21. The molecule has 0 bridgehead atoms. The van der Waals surface area contributed by atoms with E-state index in [1.165, 1.54) is 4.57 Å². The largest absolute Gasteiger partial charge is 0.480 e. The van der Waals surface area contributed by atoms with Crippen molar-refractivity contribution in [3.05, 3.63) is 69.6 Å². The highest BCUT2D eigenvalue weighted by atomic mass is 16.4. The maximum atomic E-state index is 12.7. The first-order valence-corrected chi connectivity index (χ1v) is 9.01. The summed E-state index contributed by atoms with van der Waals surface area (Å²) in [7, 11) is 0. The molecular weight excluding hydrogens is 314 g/mol. The van der Waals surface area contributed by atoms with Gasteiger partial charge in [-0.3, -0.25) is 4.79 Å². The highest BCUT2D eigenvalue weighted by Crippen LogP contribution is 2.16. The van der Waals surface area contributed by atoms with Gasteiger partial charge in [-0.1, -0.05) is 63.9 Å². The van der Waals surface area contributed by atoms with Crippen LogP contribution in [0.25, 0.3) is 0 Å². The number of hydrogen-bond acceptors (Lipinski definition) is 2. The summed E-state index contributed by atoms with van der Waals surface area (Å²) in [6.45, 7) is 7.90. The minimum absolute atomic E-state index is 0.206. The fourth-order valence-electron chi connectivity index (χ4n) is 2.77. The third-order valence-electron chi connectivity index (χ3n) is 3.94. The average Bonchev–Trinajstić information content (AvgIpc) is 2.61. The van der Waals surface area contributed by atoms with Gasteiger partial charge in [-0.2, -0.15) is 0 Å². The van der Waals surface area contributed by atoms with Crippen molar-refractivity contribution in [1.29, 1.82) is 0 Å². The standard InChI is InChI=1S/C19H23NO3.C2H6/c1-3-4-10-17(19(22)23)20-13-14(2)11-16(18(20)21)12-15-8-6-5-7-9-15;1-2/h5-9,11,13,17H,3-4,10,12H2,1-2H3,(H,22,23);1-2H3. The molecule has 1 aromatic heterocycles. The van der Waals surface area contributed by atoms with Gasteiger partial charge in [0.1, 0.15) is 6.04 Å². The summed E-state index contributed by atoms with van der Waals surface area (Å²) in [6, 6.07) is 10.8. The molecule has 1 unspecified atom stereocenters. The molecule has 1 aromatic carbocycles. The first-order chi connectivity index (χ1) is 12.0. The smallest absolute Gasteiger partial charge is 0.326 e. The van der Waals surface area contributed by atoms with Gasteiger partial charge < -0.3 is 9.67 Å². The molecule has 0 saturated heterocycles. The van der Waals surface area contributed by atoms with E-state index >= 15 is 0 Å². The van der Waals surface area contributed by atoms with E-state index in [2.05, 4.69) is 0 Å². The average molecular weight is 343 g/mol. The lowest BCUT2D eigenvalue weighted by molar-refractivity contribution is -0.141. The van der Waals surface area contributed by atoms with Gasteiger partial charge in [0, 0.05) is 18.2 Å². The van der Waals surface area contributed by atoms with Crippen molar-refractivity contribution in [3.63, 3.8) is 0 Å². The molecule has 0 aliphatic heterocycles. The summed E-state index contributed by atoms with van der Waals surface area (Å²) in [4.78, 5) is 24.3. The molecule has 0 aliphatic carbocycles. The predicted octanol–water partition coefficient (Wildman–Crippen LogP) is 4.59. The van der Waals surface area contributed by atoms with Gasteiger partial charge >= 0.3 is 5.97 Å². The van der Waals surface area contributed by atoms with Gasteiger partial charge in [-0.25, -0.2) is 4.79 Å². The summed E-state index contributed by atoms with van der Waals surface area (Å²) >= 11 is 0. The quantitative estimate of drug-likeness (QED) is 0.800. The number of nitrogens with zero attached hydrogens (tertiary/aromatic N) is 1. The second-order valence-corrected chi connectivity index (χ2v) is 5.91. The number of aromatic nitrogens is 1. The number of aliphatic carboxylic acids is 1. The van der Waals surface area contributed by atoms with E-state index in [9.17, 15) is 14.7 Å². The van der Waals surface area contributed by atoms with Crippen molar-refractivity contribution in [2.45, 2.75) is 59.4 Å². The number of benzene rings is 1. The van der Waals surface area contributed by atoms with Crippen LogP contribution in [0.1, 0.15) is 62.8 Å². The lowest BCUT2D eigenvalue weighted by Crippen LogP contribution is -2.32. The van der Waals surface area contributed by atoms with Crippen LogP contribution in [0.2, 0.25) is 0 Å². The Bertz CT molecular complexity index is 720. The molecule has 1 N–H and O–H groups in total. The molecule has 0 spiro atoms. The molecular formula is C21H29NO3. The van der Waals surface area contributed by atoms with Gasteiger partial charge in [0.2, 0.25) is 0 Å². The minimum Gasteiger partial charge on any atom is -0.480 e. The molecule has 2 aromatic rings. The number of aryl methyl sites for hydroxylation is 1. The molecule has 0 aliphatic rings. The van der Waals surface area contributed by atoms with Crippen LogP contribution in [-0.2, 0) is 11.2 Å². The van der Waals surface area contributed by atoms with Gasteiger partial charge in [0.25, 0.3) is 5.56 Å². The Morgan fingerprint density at radius 2 is 1.84 bits per heavy atom. The van der Waals surface area contributed by atoms with E-state index in [0.29, 0.717) is 18.4 Å². The van der Waals surface area contributed by atoms with Crippen molar-refractivity contribution in [2.75, 3.05) is 0 Å². The van der Waals surface area contributed by atoms with E-state index < -0.39 is 12.0 Å². The topological polar surface area (TPSA) is 59.3 Å². The fraction of sp³-hybridized carbons (Fsp3) is 0.429. The number of hydrogen-bond donors (Lipinski definition) is 1. The molecule has 2 rings (SSSR count). The zero-order valence-electron chi connectivity index (χ0n) is 15.7. The molecule has 0 amide bonds. The van der Waals surface area contributed by atoms with Gasteiger partial charge in [-0.15, -0.1) is 0 Å². The van der Waals surface area contributed by atoms with Crippen molar-refractivity contribution in [1.82, 2.24) is 4.57 Å². The first-order valence-electron chi connectivity index (χ1n) is 9.01. The van der Waals surface area contributed by atoms with E-state index in [1.54, 1.807) is 6.20 Å². The van der Waals surface area contributed by atoms with Crippen LogP contribution in [0.3, 0.4) is 0 Å². The third-order valence-corrected chi connectivity index (χ3v) is 3.94. The Labute approximate surface area is 150 Å². The minimum atomic E-state index is -0.947. The normalized spacial score (nSPS) is 11.4. The van der Waals surface area contributed by atoms with Crippen LogP contribution < -0.4 is 5.56 Å². The predicted molar refractivity (Wildman–Crippen MR) is 102 cm³/mol. The van der Waals surface area contributed by atoms with Crippen LogP contribution in [-0.4, -0.2) is 15.6 Å². The fourth-order valence-corrected chi connectivity index (χ4v) is 2.77. The molecule has 25 heavy (non-hydrogen) atoms. The Morgan fingerprint density at radius 1 is 1.20 bits per heavy atom. The number of unbranched alkanes of at least 4 members (excludes halogenated alkanes) is 1. The molecule has 0 fully saturated rings. The molecule has 1 heterocycles. The van der Waals surface area contributed by atoms with E-state index in [4.69, 9.17) is 0 Å². The highest BCUT2D eigenvalue weighted by molar-refractivity contribution is 5.71. The SMILES string of the molecule is CC.CCCCC(C(=O)O)n1cc(C)cc(Cc2ccccc2)c1=O. The van der Waals surface area contributed by atoms with Crippen molar-refractivity contribution in [2.24, 2.45) is 0 Å². The first kappa shape index (κ1) is 20.7. The molecule has 4 heteroatoms. The lowest BCUT2D eigenvalue weighted by atomic mass is 10.0. The second-order valence-electron chi connectivity index (χ2n) is 5.91. The summed E-state index contributed by atoms with van der Waals surface area (Å²) in [5.74, 6) is -0.947. The molecule has 0 radical (unpaired) electrons. The third kappa shape index (κ3) is 5.89. The maximum absolute atomic E-state index is 12.7. The number of carbonyl (C=O) groups is 1. The zero-order valence-corrected chi connectivity index (χ0v) is 15.7. The number of carboxylic acid groups (broad SMARTS) is 1. The van der Waals surface area contributed by atoms with Gasteiger partial charge in [-0.05, 0) is 30.5 Å². The lowest BCUT2D eigenvalue weighted by Gasteiger charge is -2.17.